The summed E-state index contributed by atoms with van der Waals surface area (Å²) in [7, 11) is -4.28. The van der Waals surface area contributed by atoms with E-state index in [0.717, 1.165) is 11.1 Å². The fourth-order valence-electron chi connectivity index (χ4n) is 16.3. The summed E-state index contributed by atoms with van der Waals surface area (Å²) < 4.78 is 105. The first-order valence-electron chi connectivity index (χ1n) is 28.6. The molecule has 0 aromatic heterocycles. The van der Waals surface area contributed by atoms with E-state index in [1.54, 1.807) is 6.92 Å². The smallest absolute Gasteiger partial charge is 0.726 e. The number of carbonyl (C=O) groups is 2. The van der Waals surface area contributed by atoms with Crippen LogP contribution in [0.2, 0.25) is 0 Å². The fraction of sp³-hybridized carbons (Fsp3) is 0.891. The van der Waals surface area contributed by atoms with Gasteiger partial charge in [0.15, 0.2) is 30.8 Å². The third-order valence-corrected chi connectivity index (χ3v) is 20.9. The zero-order valence-electron chi connectivity index (χ0n) is 49.2. The van der Waals surface area contributed by atoms with E-state index in [-0.39, 0.29) is 54.2 Å². The van der Waals surface area contributed by atoms with Gasteiger partial charge in [0.2, 0.25) is 10.4 Å². The van der Waals surface area contributed by atoms with E-state index in [4.69, 9.17) is 52.1 Å². The normalized spacial score (nSPS) is 49.0. The Morgan fingerprint density at radius 1 is 0.750 bits per heavy atom. The zero-order chi connectivity index (χ0) is 60.9. The third-order valence-electron chi connectivity index (χ3n) is 20.4. The van der Waals surface area contributed by atoms with Crippen molar-refractivity contribution in [1.29, 1.82) is 0 Å². The van der Waals surface area contributed by atoms with Crippen LogP contribution in [0.4, 0.5) is 0 Å². The average Bonchev–Trinajstić information content (AvgIpc) is 1.48. The maximum atomic E-state index is 14.7. The molecule has 84 heavy (non-hydrogen) atoms. The summed E-state index contributed by atoms with van der Waals surface area (Å²) >= 11 is 0. The number of cyclic esters (lactones) is 1. The van der Waals surface area contributed by atoms with E-state index >= 15 is 0 Å². The van der Waals surface area contributed by atoms with Gasteiger partial charge in [-0.15, -0.1) is 0 Å². The zero-order valence-corrected chi connectivity index (χ0v) is 52.0. The topological polar surface area (TPSA) is 404 Å². The molecule has 5 saturated heterocycles. The van der Waals surface area contributed by atoms with Crippen LogP contribution in [0.1, 0.15) is 107 Å². The van der Waals surface area contributed by atoms with Gasteiger partial charge < -0.3 is 108 Å². The largest absolute Gasteiger partial charge is 1.00 e. The van der Waals surface area contributed by atoms with Crippen molar-refractivity contribution in [1.82, 2.24) is 0 Å². The summed E-state index contributed by atoms with van der Waals surface area (Å²) in [5.41, 5.74) is -4.75. The van der Waals surface area contributed by atoms with Crippen LogP contribution in [-0.2, 0) is 76.3 Å². The summed E-state index contributed by atoms with van der Waals surface area (Å²) in [4.78, 5) is 27.5. The number of aliphatic hydroxyl groups is 10. The molecule has 5 aliphatic heterocycles. The van der Waals surface area contributed by atoms with E-state index in [1.807, 2.05) is 40.7 Å². The molecule has 4 aliphatic carbocycles. The molecular weight excluding hydrogens is 1150 g/mol. The number of esters is 2. The number of rotatable bonds is 17. The van der Waals surface area contributed by atoms with Crippen molar-refractivity contribution in [2.75, 3.05) is 33.5 Å². The molecular formula is C55H85NaO27S. The van der Waals surface area contributed by atoms with Gasteiger partial charge in [0.05, 0.1) is 32.5 Å². The Bertz CT molecular complexity index is 2540. The van der Waals surface area contributed by atoms with Crippen LogP contribution in [0.5, 0.6) is 0 Å². The first-order chi connectivity index (χ1) is 38.8. The van der Waals surface area contributed by atoms with Gasteiger partial charge in [-0.05, 0) is 94.8 Å². The molecule has 29 heteroatoms. The second-order valence-corrected chi connectivity index (χ2v) is 26.7. The number of aliphatic hydroxyl groups excluding tert-OH is 9. The average molecular weight is 1230 g/mol. The van der Waals surface area contributed by atoms with Crippen LogP contribution in [-0.4, -0.2) is 244 Å². The Balaban J connectivity index is 0.00000920. The maximum Gasteiger partial charge on any atom is 1.00 e. The van der Waals surface area contributed by atoms with Crippen molar-refractivity contribution in [3.8, 4) is 0 Å². The SMILES string of the molecule is CO[C@@H]1[C@@H](O)[C@H](O[C@@H]2[C@@H](O)[C@H](O[C@H]3[C@H](O)[C@@H](O)[C@H](O[C@H]4[C@H](O[C@H]5CC[C@]6(C)[C@H]7CC[C@]89C(=O)O[C@@](C)(CCC=C(C)C)[C@@]8(O)[C@@H](OC(C)=O)C[C@@]9(C)C7=CC[C@H]6C5(C)C)OC[C@@H](OS(=O)(=O)[O-])[C@@H]4O)O[C@@H]3CO)OC[C@H]2O)O[C@H](CO)[C@H]1O.[Na+]. The molecule has 10 N–H and O–H groups in total. The van der Waals surface area contributed by atoms with Gasteiger partial charge >= 0.3 is 41.5 Å². The van der Waals surface area contributed by atoms with E-state index in [0.29, 0.717) is 38.5 Å². The van der Waals surface area contributed by atoms with Gasteiger partial charge in [0.25, 0.3) is 0 Å². The van der Waals surface area contributed by atoms with Gasteiger partial charge in [-0.1, -0.05) is 51.0 Å². The summed E-state index contributed by atoms with van der Waals surface area (Å²) in [6.07, 6.45) is -25.6. The molecule has 27 atom stereocenters. The number of ether oxygens (including phenoxy) is 11. The number of methoxy groups -OCH3 is 1. The van der Waals surface area contributed by atoms with Crippen LogP contribution in [0.25, 0.3) is 0 Å². The monoisotopic (exact) mass is 1230 g/mol. The van der Waals surface area contributed by atoms with Crippen LogP contribution in [0, 0.1) is 33.5 Å². The van der Waals surface area contributed by atoms with Gasteiger partial charge in [-0.25, -0.2) is 8.42 Å². The minimum absolute atomic E-state index is 0. The standard InChI is InChI=1S/C55H86O27S.Na/c1-24(2)11-10-16-53(8)55(67)34(74-25(3)58)19-52(7)27-12-13-32-50(4,5)33(15-17-51(32,6)26(27)14-18-54(52,55)49(66)81-53)77-48-44(36(61)31(23-73-48)82-83(68,69)70)80-46-38(63)37(62)42(30(21-57)76-46)79-45-39(64)41(28(59)22-72-45)78-47-40(65)43(71-9)35(60)29(20-56)75-47;/h11-12,26,28-48,56-57,59-65,67H,10,13-23H2,1-9H3,(H,68,69,70);/q;+1/p-1/t26-,28+,29+,30+,31+,32-,33-,34-,35+,36-,37+,38+,39+,40+,41-,42+,43-,44+,45-,46-,47-,48-,51+,52-,53-,54+,55-;/m0./s1. The number of carbonyl (C=O) groups excluding carboxylic acids is 2. The van der Waals surface area contributed by atoms with Crippen molar-refractivity contribution in [2.45, 2.75) is 241 Å². The minimum Gasteiger partial charge on any atom is -0.726 e. The molecule has 0 aromatic carbocycles. The van der Waals surface area contributed by atoms with Crippen LogP contribution in [0.15, 0.2) is 23.3 Å². The molecule has 0 unspecified atom stereocenters. The summed E-state index contributed by atoms with van der Waals surface area (Å²) in [6.45, 7) is 12.3. The Morgan fingerprint density at radius 2 is 1.37 bits per heavy atom. The molecule has 5 heterocycles. The quantitative estimate of drug-likeness (QED) is 0.0215. The van der Waals surface area contributed by atoms with E-state index in [2.05, 4.69) is 17.2 Å². The number of hydrogen-bond donors (Lipinski definition) is 10. The maximum absolute atomic E-state index is 14.7. The van der Waals surface area contributed by atoms with E-state index in [9.17, 15) is 73.6 Å². The van der Waals surface area contributed by atoms with E-state index < -0.39 is 204 Å². The summed E-state index contributed by atoms with van der Waals surface area (Å²) in [5, 5.41) is 112. The van der Waals surface area contributed by atoms with E-state index in [1.165, 1.54) is 14.0 Å². The van der Waals surface area contributed by atoms with Crippen molar-refractivity contribution in [3.05, 3.63) is 23.3 Å². The molecule has 0 amide bonds. The summed E-state index contributed by atoms with van der Waals surface area (Å²) in [6, 6.07) is 0. The van der Waals surface area contributed by atoms with Gasteiger partial charge in [-0.3, -0.25) is 13.8 Å². The Hall–Kier alpha value is -1.47. The van der Waals surface area contributed by atoms with Crippen molar-refractivity contribution in [3.63, 3.8) is 0 Å². The molecule has 0 radical (unpaired) electrons. The van der Waals surface area contributed by atoms with Crippen molar-refractivity contribution >= 4 is 22.3 Å². The fourth-order valence-corrected chi connectivity index (χ4v) is 16.8. The Kier molecular flexibility index (Phi) is 20.6. The van der Waals surface area contributed by atoms with Crippen LogP contribution >= 0.6 is 0 Å². The molecule has 1 spiro atoms. The van der Waals surface area contributed by atoms with Gasteiger partial charge in [-0.2, -0.15) is 0 Å². The summed E-state index contributed by atoms with van der Waals surface area (Å²) in [5.74, 6) is -1.33. The van der Waals surface area contributed by atoms with Crippen molar-refractivity contribution < 1.29 is 159 Å². The first kappa shape index (κ1) is 68.4. The second kappa shape index (κ2) is 25.3. The molecule has 8 fully saturated rings. The molecule has 0 bridgehead atoms. The van der Waals surface area contributed by atoms with Gasteiger partial charge in [0, 0.05) is 19.4 Å². The van der Waals surface area contributed by atoms with Gasteiger partial charge in [0.1, 0.15) is 103 Å². The first-order valence-corrected chi connectivity index (χ1v) is 29.9. The molecule has 3 saturated carbocycles. The second-order valence-electron chi connectivity index (χ2n) is 25.7. The molecule has 9 aliphatic rings. The van der Waals surface area contributed by atoms with Crippen LogP contribution < -0.4 is 29.6 Å². The number of hydrogen-bond acceptors (Lipinski definition) is 27. The Labute approximate surface area is 510 Å². The predicted octanol–water partition coefficient (Wildman–Crippen LogP) is -4.63. The molecule has 474 valence electrons. The molecule has 0 aromatic rings. The van der Waals surface area contributed by atoms with Crippen LogP contribution in [0.3, 0.4) is 0 Å². The minimum atomic E-state index is -5.46. The number of fused-ring (bicyclic) bond motifs is 4. The Morgan fingerprint density at radius 3 is 2.00 bits per heavy atom. The third kappa shape index (κ3) is 11.5. The molecule has 27 nitrogen and oxygen atoms in total. The van der Waals surface area contributed by atoms with Crippen molar-refractivity contribution in [2.24, 2.45) is 33.5 Å². The number of allylic oxidation sites excluding steroid dienone is 4. The predicted molar refractivity (Wildman–Crippen MR) is 277 cm³/mol. The molecule has 9 rings (SSSR count).